The minimum absolute atomic E-state index is 0.0397. The number of aryl methyl sites for hydroxylation is 1. The van der Waals surface area contributed by atoms with E-state index in [-0.39, 0.29) is 30.3 Å². The second-order valence-corrected chi connectivity index (χ2v) is 14.7. The van der Waals surface area contributed by atoms with Gasteiger partial charge in [0.25, 0.3) is 11.8 Å². The molecule has 21 heteroatoms. The summed E-state index contributed by atoms with van der Waals surface area (Å²) in [4.78, 5) is 47.0. The van der Waals surface area contributed by atoms with Gasteiger partial charge in [-0.3, -0.25) is 9.59 Å². The average Bonchev–Trinajstić information content (AvgIpc) is 3.69. The summed E-state index contributed by atoms with van der Waals surface area (Å²) in [6, 6.07) is 6.25. The van der Waals surface area contributed by atoms with Gasteiger partial charge in [0.05, 0.1) is 30.5 Å². The lowest BCUT2D eigenvalue weighted by Gasteiger charge is -2.51. The number of nitrogens with one attached hydrogen (secondary N) is 2. The summed E-state index contributed by atoms with van der Waals surface area (Å²) in [5.74, 6) is -2.18. The molecule has 2 aliphatic rings. The maximum absolute atomic E-state index is 13.2. The molecule has 4 heterocycles. The molecule has 3 aromatic rings. The van der Waals surface area contributed by atoms with Crippen molar-refractivity contribution in [3.05, 3.63) is 47.7 Å². The summed E-state index contributed by atoms with van der Waals surface area (Å²) < 4.78 is 47.5. The van der Waals surface area contributed by atoms with Crippen LogP contribution < -0.4 is 31.5 Å². The Morgan fingerprint density at radius 2 is 1.98 bits per heavy atom. The Morgan fingerprint density at radius 1 is 1.25 bits per heavy atom. The van der Waals surface area contributed by atoms with Crippen LogP contribution in [0.5, 0.6) is 5.75 Å². The van der Waals surface area contributed by atoms with Gasteiger partial charge < -0.3 is 41.3 Å². The number of hydroxylamine groups is 2. The number of carbonyl (C=O) groups excluding carboxylic acids is 2. The third-order valence-corrected chi connectivity index (χ3v) is 9.53. The standard InChI is InChI=1S/C31H41N9O10S2/c1-31(2)26(28(42)40(31)50-52(45,46)47)36-27(41)25(23-18-51-30(33)35-23)37-49-24(29(43)44)5-3-12-48-22-8-6-20(7-9-22)21-16-38(11-4-10-32)39(17-21)15-19-13-34-14-19/h6-9,16-19,24,26,34H,3-5,10-15,32H2,1-2H3,(H4-,33,35,36,41,43,44,45,46,47)/b37-25-/t24-,26+/m0/s1. The molecule has 2 amide bonds. The van der Waals surface area contributed by atoms with Gasteiger partial charge in [-0.25, -0.2) is 18.2 Å². The number of aliphatic carboxylic acids is 1. The number of rotatable bonds is 19. The Morgan fingerprint density at radius 3 is 2.56 bits per heavy atom. The monoisotopic (exact) mass is 763 g/mol. The molecule has 2 saturated heterocycles. The Kier molecular flexibility index (Phi) is 12.1. The number of nitrogens with zero attached hydrogens (tertiary/aromatic N) is 5. The van der Waals surface area contributed by atoms with Crippen molar-refractivity contribution < 1.29 is 51.0 Å². The van der Waals surface area contributed by atoms with Crippen LogP contribution in [-0.2, 0) is 47.0 Å². The van der Waals surface area contributed by atoms with Gasteiger partial charge in [-0.1, -0.05) is 17.3 Å². The van der Waals surface area contributed by atoms with Crippen molar-refractivity contribution in [3.8, 4) is 16.9 Å². The third-order valence-electron chi connectivity index (χ3n) is 8.52. The van der Waals surface area contributed by atoms with Crippen molar-refractivity contribution >= 4 is 50.4 Å². The number of amides is 2. The van der Waals surface area contributed by atoms with E-state index in [9.17, 15) is 32.5 Å². The largest absolute Gasteiger partial charge is 0.724 e. The number of benzene rings is 1. The molecule has 2 fully saturated rings. The van der Waals surface area contributed by atoms with Gasteiger partial charge in [-0.05, 0) is 50.9 Å². The Hall–Kier alpha value is -4.67. The zero-order valence-electron chi connectivity index (χ0n) is 28.5. The van der Waals surface area contributed by atoms with E-state index in [1.165, 1.54) is 19.2 Å². The minimum atomic E-state index is -5.26. The minimum Gasteiger partial charge on any atom is -0.724 e. The summed E-state index contributed by atoms with van der Waals surface area (Å²) in [5.41, 5.74) is 11.5. The number of hydrogen-bond donors (Lipinski definition) is 5. The van der Waals surface area contributed by atoms with Crippen LogP contribution in [0.3, 0.4) is 0 Å². The van der Waals surface area contributed by atoms with Crippen molar-refractivity contribution in [1.29, 1.82) is 0 Å². The molecule has 0 saturated carbocycles. The maximum Gasteiger partial charge on any atom is 0.347 e. The fourth-order valence-electron chi connectivity index (χ4n) is 5.56. The highest BCUT2D eigenvalue weighted by molar-refractivity contribution is 7.80. The Labute approximate surface area is 303 Å². The first-order chi connectivity index (χ1) is 24.7. The number of β-lactam (4-membered cyclic amide) rings is 1. The number of oxime groups is 1. The van der Waals surface area contributed by atoms with Gasteiger partial charge in [-0.2, -0.15) is 14.0 Å². The fourth-order valence-corrected chi connectivity index (χ4v) is 6.55. The van der Waals surface area contributed by atoms with Crippen LogP contribution in [0.15, 0.2) is 47.2 Å². The van der Waals surface area contributed by atoms with Crippen LogP contribution in [0.4, 0.5) is 5.13 Å². The number of nitrogen functional groups attached to an aromatic ring is 1. The first-order valence-corrected chi connectivity index (χ1v) is 18.6. The van der Waals surface area contributed by atoms with E-state index < -0.39 is 51.6 Å². The molecular formula is C31H41N9O10S2. The molecule has 19 nitrogen and oxygen atoms in total. The summed E-state index contributed by atoms with van der Waals surface area (Å²) in [5, 5.41) is 21.0. The summed E-state index contributed by atoms with van der Waals surface area (Å²) in [6.07, 6.45) is 3.86. The first kappa shape index (κ1) is 38.6. The second-order valence-electron chi connectivity index (χ2n) is 12.8. The highest BCUT2D eigenvalue weighted by atomic mass is 32.3. The number of nitrogens with two attached hydrogens (primary N) is 2. The zero-order valence-corrected chi connectivity index (χ0v) is 30.1. The van der Waals surface area contributed by atoms with Crippen LogP contribution in [0.25, 0.3) is 11.1 Å². The van der Waals surface area contributed by atoms with Crippen molar-refractivity contribution in [2.24, 2.45) is 16.8 Å². The van der Waals surface area contributed by atoms with E-state index in [0.717, 1.165) is 55.1 Å². The molecule has 7 N–H and O–H groups in total. The van der Waals surface area contributed by atoms with E-state index in [1.54, 1.807) is 0 Å². The van der Waals surface area contributed by atoms with E-state index in [2.05, 4.69) is 46.8 Å². The molecule has 2 atom stereocenters. The van der Waals surface area contributed by atoms with Crippen molar-refractivity contribution in [2.75, 3.05) is 32.0 Å². The van der Waals surface area contributed by atoms with Gasteiger partial charge in [0, 0.05) is 30.8 Å². The number of carboxylic acids is 1. The molecule has 2 aromatic heterocycles. The molecule has 2 aliphatic heterocycles. The number of carbonyl (C=O) groups is 3. The van der Waals surface area contributed by atoms with Crippen LogP contribution in [-0.4, -0.2) is 100 Å². The number of aromatic nitrogens is 3. The number of anilines is 1. The molecule has 52 heavy (non-hydrogen) atoms. The van der Waals surface area contributed by atoms with Gasteiger partial charge in [0.1, 0.15) is 17.5 Å². The topological polar surface area (TPSA) is 270 Å². The number of thiazole rings is 1. The van der Waals surface area contributed by atoms with Crippen molar-refractivity contribution in [3.63, 3.8) is 0 Å². The summed E-state index contributed by atoms with van der Waals surface area (Å²) in [7, 11) is -5.26. The third kappa shape index (κ3) is 9.40. The van der Waals surface area contributed by atoms with Crippen molar-refractivity contribution in [1.82, 2.24) is 25.4 Å². The van der Waals surface area contributed by atoms with Gasteiger partial charge in [0.2, 0.25) is 22.7 Å². The summed E-state index contributed by atoms with van der Waals surface area (Å²) in [6.45, 7) is 7.23. The predicted octanol–water partition coefficient (Wildman–Crippen LogP) is -0.420. The zero-order chi connectivity index (χ0) is 37.6. The average molecular weight is 764 g/mol. The fraction of sp³-hybridized carbons (Fsp3) is 0.484. The van der Waals surface area contributed by atoms with E-state index in [4.69, 9.17) is 21.0 Å². The molecule has 0 unspecified atom stereocenters. The predicted molar refractivity (Wildman–Crippen MR) is 184 cm³/mol. The highest BCUT2D eigenvalue weighted by Crippen LogP contribution is 2.33. The molecule has 282 valence electrons. The number of hydrogen-bond acceptors (Lipinski definition) is 15. The molecule has 5 rings (SSSR count). The quantitative estimate of drug-likeness (QED) is 0.0198. The van der Waals surface area contributed by atoms with Gasteiger partial charge >= 0.3 is 5.97 Å². The van der Waals surface area contributed by atoms with Crippen LogP contribution in [0, 0.1) is 5.92 Å². The summed E-state index contributed by atoms with van der Waals surface area (Å²) >= 11 is 0.972. The lowest BCUT2D eigenvalue weighted by molar-refractivity contribution is -0.781. The van der Waals surface area contributed by atoms with E-state index in [0.29, 0.717) is 23.3 Å². The van der Waals surface area contributed by atoms with Crippen molar-refractivity contribution in [2.45, 2.75) is 63.9 Å². The van der Waals surface area contributed by atoms with E-state index >= 15 is 0 Å². The Bertz CT molecular complexity index is 1890. The van der Waals surface area contributed by atoms with Crippen LogP contribution >= 0.6 is 11.3 Å². The normalized spacial score (nSPS) is 18.0. The van der Waals surface area contributed by atoms with Crippen LogP contribution in [0.1, 0.15) is 38.8 Å². The molecular weight excluding hydrogens is 723 g/mol. The molecule has 0 spiro atoms. The Balaban J connectivity index is 1.17. The number of ether oxygens (including phenoxy) is 1. The maximum atomic E-state index is 13.2. The number of carboxylic acid groups (broad SMARTS) is 1. The highest BCUT2D eigenvalue weighted by Gasteiger charge is 2.57. The lowest BCUT2D eigenvalue weighted by atomic mass is 9.84. The van der Waals surface area contributed by atoms with Crippen LogP contribution in [0.2, 0.25) is 0 Å². The van der Waals surface area contributed by atoms with Gasteiger partial charge in [0.15, 0.2) is 17.4 Å². The molecule has 0 radical (unpaired) electrons. The molecule has 0 bridgehead atoms. The van der Waals surface area contributed by atoms with E-state index in [1.807, 2.05) is 24.3 Å². The van der Waals surface area contributed by atoms with Gasteiger partial charge in [-0.15, -0.1) is 16.0 Å². The molecule has 1 aromatic carbocycles. The smallest absolute Gasteiger partial charge is 0.347 e. The second kappa shape index (κ2) is 16.3. The molecule has 0 aliphatic carbocycles. The first-order valence-electron chi connectivity index (χ1n) is 16.4. The SMILES string of the molecule is CC1(C)[C@H](NC(=O)/C(=N\O[C@@H](CCCOc2ccc(-c3cn(CCCN)[n+](CC4CNC4)c3)cc2)C(=O)O)c2csc(N)n2)C(=O)N1OS(=O)(=O)[O-]. The lowest BCUT2D eigenvalue weighted by Crippen LogP contribution is -2.76.